The van der Waals surface area contributed by atoms with Crippen molar-refractivity contribution in [3.63, 3.8) is 0 Å². The second-order valence-corrected chi connectivity index (χ2v) is 7.02. The maximum absolute atomic E-state index is 13.0. The van der Waals surface area contributed by atoms with Crippen molar-refractivity contribution < 1.29 is 8.78 Å². The van der Waals surface area contributed by atoms with Gasteiger partial charge in [-0.1, -0.05) is 6.08 Å². The molecule has 0 N–H and O–H groups in total. The SMILES string of the molecule is C=CCn1c(Sc2ccc3nnc(C(F)F)n3n2)nc2sccc2c1=O. The number of alkyl halides is 2. The van der Waals surface area contributed by atoms with Crippen molar-refractivity contribution in [3.8, 4) is 0 Å². The summed E-state index contributed by atoms with van der Waals surface area (Å²) in [7, 11) is 0. The van der Waals surface area contributed by atoms with E-state index >= 15 is 0 Å². The van der Waals surface area contributed by atoms with E-state index in [0.717, 1.165) is 16.3 Å². The molecule has 4 aromatic heterocycles. The molecule has 0 aliphatic rings. The van der Waals surface area contributed by atoms with Crippen LogP contribution in [0.25, 0.3) is 15.9 Å². The predicted octanol–water partition coefficient (Wildman–Crippen LogP) is 3.17. The van der Waals surface area contributed by atoms with E-state index in [2.05, 4.69) is 26.9 Å². The number of thiophene rings is 1. The number of allylic oxidation sites excluding steroid dienone is 1. The summed E-state index contributed by atoms with van der Waals surface area (Å²) in [5, 5.41) is 14.4. The predicted molar refractivity (Wildman–Crippen MR) is 93.9 cm³/mol. The van der Waals surface area contributed by atoms with Crippen LogP contribution < -0.4 is 5.56 Å². The van der Waals surface area contributed by atoms with Crippen LogP contribution in [0.1, 0.15) is 12.2 Å². The van der Waals surface area contributed by atoms with Crippen LogP contribution in [-0.4, -0.2) is 29.4 Å². The standard InChI is InChI=1S/C15H10F2N6OS2/c1-2-6-22-14(24)8-5-7-25-13(8)18-15(22)26-10-4-3-9-19-20-12(11(16)17)23(9)21-10/h2-5,7,11H,1,6H2. The summed E-state index contributed by atoms with van der Waals surface area (Å²) in [5.41, 5.74) is 0.0343. The van der Waals surface area contributed by atoms with Gasteiger partial charge in [-0.05, 0) is 35.3 Å². The Balaban J connectivity index is 1.82. The Labute approximate surface area is 153 Å². The highest BCUT2D eigenvalue weighted by Crippen LogP contribution is 2.27. The van der Waals surface area contributed by atoms with Crippen molar-refractivity contribution in [3.05, 3.63) is 52.4 Å². The summed E-state index contributed by atoms with van der Waals surface area (Å²) >= 11 is 2.46. The van der Waals surface area contributed by atoms with Gasteiger partial charge in [0.05, 0.1) is 5.39 Å². The number of nitrogens with zero attached hydrogens (tertiary/aromatic N) is 6. The van der Waals surface area contributed by atoms with Crippen molar-refractivity contribution in [2.24, 2.45) is 0 Å². The monoisotopic (exact) mass is 392 g/mol. The highest BCUT2D eigenvalue weighted by Gasteiger charge is 2.18. The van der Waals surface area contributed by atoms with E-state index in [1.165, 1.54) is 22.0 Å². The number of fused-ring (bicyclic) bond motifs is 2. The van der Waals surface area contributed by atoms with Gasteiger partial charge in [-0.3, -0.25) is 9.36 Å². The van der Waals surface area contributed by atoms with E-state index in [1.807, 2.05) is 0 Å². The number of rotatable bonds is 5. The first-order valence-corrected chi connectivity index (χ1v) is 9.05. The lowest BCUT2D eigenvalue weighted by Gasteiger charge is -2.09. The molecule has 0 fully saturated rings. The molecule has 4 heterocycles. The molecule has 0 radical (unpaired) electrons. The second-order valence-electron chi connectivity index (χ2n) is 5.14. The Bertz CT molecular complexity index is 1180. The number of hydrogen-bond donors (Lipinski definition) is 0. The molecular weight excluding hydrogens is 382 g/mol. The Kier molecular flexibility index (Phi) is 4.24. The van der Waals surface area contributed by atoms with Gasteiger partial charge < -0.3 is 0 Å². The highest BCUT2D eigenvalue weighted by molar-refractivity contribution is 7.99. The largest absolute Gasteiger partial charge is 0.299 e. The molecule has 0 amide bonds. The van der Waals surface area contributed by atoms with Crippen molar-refractivity contribution in [1.29, 1.82) is 0 Å². The smallest absolute Gasteiger partial charge is 0.283 e. The van der Waals surface area contributed by atoms with Crippen molar-refractivity contribution >= 4 is 39.0 Å². The van der Waals surface area contributed by atoms with Gasteiger partial charge in [0, 0.05) is 6.54 Å². The fraction of sp³-hybridized carbons (Fsp3) is 0.133. The van der Waals surface area contributed by atoms with Gasteiger partial charge in [-0.15, -0.1) is 28.1 Å². The van der Waals surface area contributed by atoms with Gasteiger partial charge in [0.15, 0.2) is 10.8 Å². The Morgan fingerprint density at radius 2 is 2.15 bits per heavy atom. The lowest BCUT2D eigenvalue weighted by atomic mass is 10.4. The number of aromatic nitrogens is 6. The lowest BCUT2D eigenvalue weighted by molar-refractivity contribution is 0.137. The first kappa shape index (κ1) is 16.8. The van der Waals surface area contributed by atoms with Gasteiger partial charge in [0.25, 0.3) is 12.0 Å². The number of hydrogen-bond acceptors (Lipinski definition) is 7. The van der Waals surface area contributed by atoms with Crippen LogP contribution >= 0.6 is 23.1 Å². The summed E-state index contributed by atoms with van der Waals surface area (Å²) in [6.07, 6.45) is -1.20. The topological polar surface area (TPSA) is 78.0 Å². The molecule has 0 aliphatic carbocycles. The fourth-order valence-corrected chi connectivity index (χ4v) is 4.03. The lowest BCUT2D eigenvalue weighted by Crippen LogP contribution is -2.22. The minimum atomic E-state index is -2.79. The summed E-state index contributed by atoms with van der Waals surface area (Å²) in [6.45, 7) is 3.94. The summed E-state index contributed by atoms with van der Waals surface area (Å²) in [6, 6.07) is 4.88. The van der Waals surface area contributed by atoms with Crippen LogP contribution in [0.15, 0.2) is 51.2 Å². The summed E-state index contributed by atoms with van der Waals surface area (Å²) in [5.74, 6) is -0.535. The van der Waals surface area contributed by atoms with E-state index < -0.39 is 12.2 Å². The highest BCUT2D eigenvalue weighted by atomic mass is 32.2. The van der Waals surface area contributed by atoms with E-state index in [4.69, 9.17) is 0 Å². The van der Waals surface area contributed by atoms with Gasteiger partial charge in [0.1, 0.15) is 9.86 Å². The third-order valence-electron chi connectivity index (χ3n) is 3.51. The molecule has 0 saturated heterocycles. The van der Waals surface area contributed by atoms with Crippen LogP contribution in [0.2, 0.25) is 0 Å². The maximum atomic E-state index is 13.0. The quantitative estimate of drug-likeness (QED) is 0.383. The molecule has 4 rings (SSSR count). The van der Waals surface area contributed by atoms with Crippen LogP contribution in [-0.2, 0) is 6.54 Å². The molecular formula is C15H10F2N6OS2. The zero-order valence-corrected chi connectivity index (χ0v) is 14.7. The fourth-order valence-electron chi connectivity index (χ4n) is 2.37. The molecule has 0 atom stereocenters. The molecule has 0 aliphatic heterocycles. The van der Waals surface area contributed by atoms with Crippen LogP contribution in [0, 0.1) is 0 Å². The molecule has 7 nitrogen and oxygen atoms in total. The normalized spacial score (nSPS) is 11.7. The second kappa shape index (κ2) is 6.57. The van der Waals surface area contributed by atoms with Gasteiger partial charge in [-0.25, -0.2) is 13.8 Å². The molecule has 0 spiro atoms. The third-order valence-corrected chi connectivity index (χ3v) is 5.24. The van der Waals surface area contributed by atoms with Crippen LogP contribution in [0.5, 0.6) is 0 Å². The van der Waals surface area contributed by atoms with Crippen molar-refractivity contribution in [2.45, 2.75) is 23.2 Å². The van der Waals surface area contributed by atoms with E-state index in [0.29, 0.717) is 20.4 Å². The van der Waals surface area contributed by atoms with E-state index in [9.17, 15) is 13.6 Å². The minimum Gasteiger partial charge on any atom is -0.283 e. The molecule has 0 aromatic carbocycles. The minimum absolute atomic E-state index is 0.183. The van der Waals surface area contributed by atoms with E-state index in [1.54, 1.807) is 23.6 Å². The zero-order valence-electron chi connectivity index (χ0n) is 13.0. The molecule has 4 aromatic rings. The summed E-state index contributed by atoms with van der Waals surface area (Å²) < 4.78 is 28.5. The zero-order chi connectivity index (χ0) is 18.3. The van der Waals surface area contributed by atoms with Crippen LogP contribution in [0.3, 0.4) is 0 Å². The average molecular weight is 392 g/mol. The molecule has 11 heteroatoms. The first-order valence-electron chi connectivity index (χ1n) is 7.36. The maximum Gasteiger partial charge on any atom is 0.299 e. The number of halogens is 2. The van der Waals surface area contributed by atoms with Gasteiger partial charge >= 0.3 is 0 Å². The van der Waals surface area contributed by atoms with Gasteiger partial charge in [0.2, 0.25) is 5.82 Å². The third kappa shape index (κ3) is 2.78. The molecule has 0 saturated carbocycles. The van der Waals surface area contributed by atoms with Crippen molar-refractivity contribution in [1.82, 2.24) is 29.4 Å². The molecule has 26 heavy (non-hydrogen) atoms. The first-order chi connectivity index (χ1) is 12.6. The van der Waals surface area contributed by atoms with E-state index in [-0.39, 0.29) is 17.8 Å². The summed E-state index contributed by atoms with van der Waals surface area (Å²) in [4.78, 5) is 17.7. The Morgan fingerprint density at radius 1 is 1.31 bits per heavy atom. The average Bonchev–Trinajstić information content (AvgIpc) is 3.24. The van der Waals surface area contributed by atoms with Crippen molar-refractivity contribution in [2.75, 3.05) is 0 Å². The Hall–Kier alpha value is -2.66. The molecule has 0 unspecified atom stereocenters. The Morgan fingerprint density at radius 3 is 2.92 bits per heavy atom. The van der Waals surface area contributed by atoms with Gasteiger partial charge in [-0.2, -0.15) is 9.61 Å². The molecule has 0 bridgehead atoms. The van der Waals surface area contributed by atoms with Crippen LogP contribution in [0.4, 0.5) is 8.78 Å². The molecule has 132 valence electrons.